The summed E-state index contributed by atoms with van der Waals surface area (Å²) in [6.45, 7) is 3.74. The Balaban J connectivity index is 1.34. The van der Waals surface area contributed by atoms with E-state index in [1.54, 1.807) is 4.90 Å². The van der Waals surface area contributed by atoms with E-state index in [1.165, 1.54) is 12.1 Å². The van der Waals surface area contributed by atoms with Crippen molar-refractivity contribution in [2.75, 3.05) is 66.1 Å². The fourth-order valence-electron chi connectivity index (χ4n) is 5.43. The van der Waals surface area contributed by atoms with E-state index in [0.717, 1.165) is 43.3 Å². The predicted molar refractivity (Wildman–Crippen MR) is 143 cm³/mol. The number of benzene rings is 1. The number of alkyl halides is 2. The number of nitrogens with zero attached hydrogens (tertiary/aromatic N) is 4. The summed E-state index contributed by atoms with van der Waals surface area (Å²) in [5, 5.41) is -0.252. The number of carbonyl (C=O) groups is 1. The van der Waals surface area contributed by atoms with Gasteiger partial charge in [-0.05, 0) is 45.1 Å². The second-order valence-corrected chi connectivity index (χ2v) is 13.3. The van der Waals surface area contributed by atoms with Gasteiger partial charge in [-0.2, -0.15) is 4.31 Å². The van der Waals surface area contributed by atoms with E-state index in [-0.39, 0.29) is 39.1 Å². The molecule has 3 saturated heterocycles. The second-order valence-electron chi connectivity index (χ2n) is 10.2. The number of piperazine rings is 1. The van der Waals surface area contributed by atoms with Gasteiger partial charge in [-0.15, -0.1) is 0 Å². The number of hydrogen-bond acceptors (Lipinski definition) is 6. The SMILES string of the molecule is CN1CCC(N2CCN(C(=O)COC[C@@H]3CC(F)(F)CCN3S(=O)(=O)c3c(Cl)cc(Cl)cc3Cl)CC2)CC1. The topological polar surface area (TPSA) is 73.4 Å². The van der Waals surface area contributed by atoms with Crippen molar-refractivity contribution in [2.45, 2.75) is 48.6 Å². The molecule has 4 rings (SSSR count). The number of carbonyl (C=O) groups excluding carboxylic acids is 1. The van der Waals surface area contributed by atoms with Crippen molar-refractivity contribution in [3.8, 4) is 0 Å². The van der Waals surface area contributed by atoms with Gasteiger partial charge in [-0.3, -0.25) is 9.69 Å². The molecule has 3 aliphatic rings. The van der Waals surface area contributed by atoms with Crippen LogP contribution in [0.5, 0.6) is 0 Å². The molecule has 0 N–H and O–H groups in total. The zero-order valence-corrected chi connectivity index (χ0v) is 24.3. The molecule has 1 amide bonds. The fraction of sp³-hybridized carbons (Fsp3) is 0.708. The summed E-state index contributed by atoms with van der Waals surface area (Å²) in [6.07, 6.45) is 0.849. The van der Waals surface area contributed by atoms with Crippen LogP contribution < -0.4 is 0 Å². The lowest BCUT2D eigenvalue weighted by molar-refractivity contribution is -0.139. The summed E-state index contributed by atoms with van der Waals surface area (Å²) in [7, 11) is -2.21. The highest BCUT2D eigenvalue weighted by Gasteiger charge is 2.46. The van der Waals surface area contributed by atoms with E-state index in [1.807, 2.05) is 0 Å². The lowest BCUT2D eigenvalue weighted by Crippen LogP contribution is -2.55. The molecule has 1 atom stereocenters. The Bertz CT molecular complexity index is 1090. The standard InChI is InChI=1S/C24H33Cl3F2N4O4S/c1-30-5-2-18(3-6-30)31-8-10-32(11-9-31)22(34)16-37-15-19-14-24(28,29)4-7-33(19)38(35,36)23-20(26)12-17(25)13-21(23)27/h12-13,18-19H,2-11,14-16H2,1H3/t19-/m0/s1. The first-order valence-electron chi connectivity index (χ1n) is 12.7. The van der Waals surface area contributed by atoms with Gasteiger partial charge in [-0.1, -0.05) is 34.8 Å². The van der Waals surface area contributed by atoms with Crippen LogP contribution in [0.15, 0.2) is 17.0 Å². The van der Waals surface area contributed by atoms with Crippen LogP contribution in [-0.2, 0) is 19.6 Å². The predicted octanol–water partition coefficient (Wildman–Crippen LogP) is 3.69. The maximum atomic E-state index is 14.3. The molecule has 0 aliphatic carbocycles. The van der Waals surface area contributed by atoms with Gasteiger partial charge < -0.3 is 14.5 Å². The molecule has 14 heteroatoms. The normalized spacial score (nSPS) is 24.6. The van der Waals surface area contributed by atoms with Crippen LogP contribution >= 0.6 is 34.8 Å². The van der Waals surface area contributed by atoms with Crippen LogP contribution in [0.3, 0.4) is 0 Å². The third kappa shape index (κ3) is 7.09. The van der Waals surface area contributed by atoms with Gasteiger partial charge in [-0.25, -0.2) is 17.2 Å². The molecule has 0 aromatic heterocycles. The summed E-state index contributed by atoms with van der Waals surface area (Å²) in [5.41, 5.74) is 0. The van der Waals surface area contributed by atoms with E-state index in [0.29, 0.717) is 19.1 Å². The highest BCUT2D eigenvalue weighted by Crippen LogP contribution is 2.39. The molecule has 0 spiro atoms. The average Bonchev–Trinajstić information content (AvgIpc) is 2.83. The summed E-state index contributed by atoms with van der Waals surface area (Å²) >= 11 is 18.2. The molecule has 3 fully saturated rings. The Kier molecular flexibility index (Phi) is 9.83. The molecule has 0 bridgehead atoms. The molecule has 0 unspecified atom stereocenters. The zero-order chi connectivity index (χ0) is 27.7. The van der Waals surface area contributed by atoms with Crippen LogP contribution in [0.25, 0.3) is 0 Å². The van der Waals surface area contributed by atoms with E-state index in [2.05, 4.69) is 16.8 Å². The van der Waals surface area contributed by atoms with Gasteiger partial charge in [0.05, 0.1) is 22.7 Å². The lowest BCUT2D eigenvalue weighted by atomic mass is 10.0. The third-order valence-corrected chi connectivity index (χ3v) is 10.7. The van der Waals surface area contributed by atoms with Crippen molar-refractivity contribution in [3.63, 3.8) is 0 Å². The zero-order valence-electron chi connectivity index (χ0n) is 21.2. The average molecular weight is 618 g/mol. The molecular weight excluding hydrogens is 585 g/mol. The molecular formula is C24H33Cl3F2N4O4S. The monoisotopic (exact) mass is 616 g/mol. The smallest absolute Gasteiger partial charge is 0.251 e. The summed E-state index contributed by atoms with van der Waals surface area (Å²) < 4.78 is 61.9. The first kappa shape index (κ1) is 30.2. The van der Waals surface area contributed by atoms with Gasteiger partial charge in [0.1, 0.15) is 11.5 Å². The van der Waals surface area contributed by atoms with Gasteiger partial charge in [0.25, 0.3) is 5.92 Å². The largest absolute Gasteiger partial charge is 0.370 e. The Labute approximate surface area is 237 Å². The molecule has 3 aliphatic heterocycles. The van der Waals surface area contributed by atoms with E-state index >= 15 is 0 Å². The maximum Gasteiger partial charge on any atom is 0.251 e. The van der Waals surface area contributed by atoms with Crippen LogP contribution in [-0.4, -0.2) is 117 Å². The minimum Gasteiger partial charge on any atom is -0.370 e. The first-order valence-corrected chi connectivity index (χ1v) is 15.3. The number of halogens is 5. The Morgan fingerprint density at radius 2 is 1.63 bits per heavy atom. The second kappa shape index (κ2) is 12.4. The van der Waals surface area contributed by atoms with Crippen molar-refractivity contribution in [1.82, 2.24) is 19.0 Å². The van der Waals surface area contributed by atoms with E-state index in [9.17, 15) is 22.0 Å². The Morgan fingerprint density at radius 3 is 2.24 bits per heavy atom. The van der Waals surface area contributed by atoms with Crippen molar-refractivity contribution in [1.29, 1.82) is 0 Å². The number of piperidine rings is 2. The van der Waals surface area contributed by atoms with Gasteiger partial charge in [0, 0.05) is 56.6 Å². The molecule has 3 heterocycles. The molecule has 1 aromatic carbocycles. The van der Waals surface area contributed by atoms with Crippen LogP contribution in [0.2, 0.25) is 15.1 Å². The van der Waals surface area contributed by atoms with E-state index in [4.69, 9.17) is 39.5 Å². The van der Waals surface area contributed by atoms with Crippen molar-refractivity contribution < 1.29 is 26.7 Å². The molecule has 1 aromatic rings. The lowest BCUT2D eigenvalue weighted by Gasteiger charge is -2.42. The maximum absolute atomic E-state index is 14.3. The van der Waals surface area contributed by atoms with Gasteiger partial charge in [0.15, 0.2) is 0 Å². The van der Waals surface area contributed by atoms with Gasteiger partial charge >= 0.3 is 0 Å². The molecule has 214 valence electrons. The third-order valence-electron chi connectivity index (χ3n) is 7.58. The van der Waals surface area contributed by atoms with Crippen LogP contribution in [0.1, 0.15) is 25.7 Å². The van der Waals surface area contributed by atoms with E-state index < -0.39 is 41.4 Å². The number of likely N-dealkylation sites (tertiary alicyclic amines) is 1. The van der Waals surface area contributed by atoms with Gasteiger partial charge in [0.2, 0.25) is 15.9 Å². The minimum absolute atomic E-state index is 0.148. The Hall–Kier alpha value is -0.790. The van der Waals surface area contributed by atoms with Crippen molar-refractivity contribution in [2.24, 2.45) is 0 Å². The molecule has 38 heavy (non-hydrogen) atoms. The highest BCUT2D eigenvalue weighted by atomic mass is 35.5. The molecule has 0 saturated carbocycles. The number of amides is 1. The molecule has 0 radical (unpaired) electrons. The van der Waals surface area contributed by atoms with Crippen molar-refractivity contribution >= 4 is 50.7 Å². The highest BCUT2D eigenvalue weighted by molar-refractivity contribution is 7.89. The first-order chi connectivity index (χ1) is 17.9. The Morgan fingerprint density at radius 1 is 1.03 bits per heavy atom. The quantitative estimate of drug-likeness (QED) is 0.465. The number of hydrogen-bond donors (Lipinski definition) is 0. The summed E-state index contributed by atoms with van der Waals surface area (Å²) in [4.78, 5) is 18.8. The van der Waals surface area contributed by atoms with Crippen LogP contribution in [0.4, 0.5) is 8.78 Å². The number of ether oxygens (including phenoxy) is 1. The molecule has 8 nitrogen and oxygen atoms in total. The van der Waals surface area contributed by atoms with Crippen LogP contribution in [0, 0.1) is 0 Å². The number of rotatable bonds is 7. The summed E-state index contributed by atoms with van der Waals surface area (Å²) in [6, 6.07) is 1.80. The summed E-state index contributed by atoms with van der Waals surface area (Å²) in [5.74, 6) is -3.31. The minimum atomic E-state index is -4.34. The fourth-order valence-corrected chi connectivity index (χ4v) is 8.53. The number of sulfonamides is 1. The van der Waals surface area contributed by atoms with Crippen molar-refractivity contribution in [3.05, 3.63) is 27.2 Å².